The first kappa shape index (κ1) is 24.8. The molecule has 4 rings (SSSR count). The molecule has 1 aliphatic heterocycles. The molecule has 35 heavy (non-hydrogen) atoms. The summed E-state index contributed by atoms with van der Waals surface area (Å²) in [5.74, 6) is -0.489. The van der Waals surface area contributed by atoms with E-state index in [2.05, 4.69) is 15.1 Å². The SMILES string of the molecule is CCc1cccnc1C(=O)N1CCN(c2noc(-c3cc(F)c(OC[C@@H](N)CO)cc3Cl)n2)CC1. The standard InChI is InChI=1S/C23H26ClFN6O4/c1-2-14-4-3-5-27-20(14)22(33)30-6-8-31(9-7-30)23-28-21(35-29-23)16-10-18(25)19(11-17(16)24)34-13-15(26)12-32/h3-5,10-11,15,32H,2,6-9,12-13,26H2,1H3/t15-/m0/s1. The molecule has 0 bridgehead atoms. The van der Waals surface area contributed by atoms with Gasteiger partial charge in [0.1, 0.15) is 12.3 Å². The van der Waals surface area contributed by atoms with E-state index in [0.29, 0.717) is 37.8 Å². The fraction of sp³-hybridized carbons (Fsp3) is 0.391. The third-order valence-corrected chi connectivity index (χ3v) is 5.99. The van der Waals surface area contributed by atoms with Crippen LogP contribution in [0.3, 0.4) is 0 Å². The normalized spacial score (nSPS) is 14.8. The van der Waals surface area contributed by atoms with Crippen molar-refractivity contribution in [2.45, 2.75) is 19.4 Å². The topological polar surface area (TPSA) is 131 Å². The highest BCUT2D eigenvalue weighted by Gasteiger charge is 2.27. The summed E-state index contributed by atoms with van der Waals surface area (Å²) >= 11 is 6.30. The highest BCUT2D eigenvalue weighted by Crippen LogP contribution is 2.33. The Bertz CT molecular complexity index is 1180. The number of aliphatic hydroxyl groups excluding tert-OH is 1. The van der Waals surface area contributed by atoms with Crippen LogP contribution in [0.25, 0.3) is 11.5 Å². The Kier molecular flexibility index (Phi) is 7.79. The number of carbonyl (C=O) groups is 1. The zero-order chi connectivity index (χ0) is 24.9. The molecule has 0 saturated carbocycles. The first-order valence-electron chi connectivity index (χ1n) is 11.2. The first-order chi connectivity index (χ1) is 16.9. The molecular formula is C23H26ClFN6O4. The van der Waals surface area contributed by atoms with Crippen molar-refractivity contribution < 1.29 is 23.6 Å². The van der Waals surface area contributed by atoms with Gasteiger partial charge in [0.15, 0.2) is 11.6 Å². The van der Waals surface area contributed by atoms with Gasteiger partial charge in [0.05, 0.1) is 23.2 Å². The summed E-state index contributed by atoms with van der Waals surface area (Å²) < 4.78 is 25.1. The number of piperazine rings is 1. The van der Waals surface area contributed by atoms with Crippen LogP contribution in [0.1, 0.15) is 23.0 Å². The average Bonchev–Trinajstić information content (AvgIpc) is 3.38. The number of nitrogens with two attached hydrogens (primary N) is 1. The van der Waals surface area contributed by atoms with Crippen LogP contribution < -0.4 is 15.4 Å². The van der Waals surface area contributed by atoms with Crippen molar-refractivity contribution >= 4 is 23.5 Å². The summed E-state index contributed by atoms with van der Waals surface area (Å²) in [7, 11) is 0. The van der Waals surface area contributed by atoms with E-state index >= 15 is 0 Å². The van der Waals surface area contributed by atoms with Crippen LogP contribution in [0.2, 0.25) is 5.02 Å². The van der Waals surface area contributed by atoms with Crippen molar-refractivity contribution in [2.24, 2.45) is 5.73 Å². The van der Waals surface area contributed by atoms with Gasteiger partial charge in [-0.2, -0.15) is 4.98 Å². The molecule has 2 aromatic heterocycles. The Balaban J connectivity index is 1.42. The number of aryl methyl sites for hydroxylation is 1. The second-order valence-corrected chi connectivity index (χ2v) is 8.47. The van der Waals surface area contributed by atoms with Crippen LogP contribution in [0.5, 0.6) is 5.75 Å². The molecule has 1 aliphatic rings. The van der Waals surface area contributed by atoms with Gasteiger partial charge in [-0.25, -0.2) is 4.39 Å². The molecule has 1 amide bonds. The molecule has 1 aromatic carbocycles. The molecule has 3 heterocycles. The average molecular weight is 505 g/mol. The minimum absolute atomic E-state index is 0.0575. The molecule has 186 valence electrons. The van der Waals surface area contributed by atoms with Crippen molar-refractivity contribution in [1.29, 1.82) is 0 Å². The van der Waals surface area contributed by atoms with Gasteiger partial charge in [-0.05, 0) is 29.3 Å². The summed E-state index contributed by atoms with van der Waals surface area (Å²) in [5, 5.41) is 13.1. The number of benzene rings is 1. The Morgan fingerprint density at radius 1 is 1.34 bits per heavy atom. The number of hydrogen-bond donors (Lipinski definition) is 2. The number of amides is 1. The summed E-state index contributed by atoms with van der Waals surface area (Å²) in [5.41, 5.74) is 7.19. The van der Waals surface area contributed by atoms with E-state index in [1.807, 2.05) is 24.0 Å². The molecular weight excluding hydrogens is 479 g/mol. The quantitative estimate of drug-likeness (QED) is 0.473. The molecule has 3 N–H and O–H groups in total. The molecule has 0 spiro atoms. The summed E-state index contributed by atoms with van der Waals surface area (Å²) in [6.07, 6.45) is 2.35. The van der Waals surface area contributed by atoms with E-state index in [1.165, 1.54) is 6.07 Å². The van der Waals surface area contributed by atoms with E-state index < -0.39 is 11.9 Å². The van der Waals surface area contributed by atoms with Gasteiger partial charge in [-0.15, -0.1) is 0 Å². The van der Waals surface area contributed by atoms with Crippen LogP contribution in [-0.4, -0.2) is 76.5 Å². The van der Waals surface area contributed by atoms with Crippen molar-refractivity contribution in [2.75, 3.05) is 44.3 Å². The number of anilines is 1. The lowest BCUT2D eigenvalue weighted by Crippen LogP contribution is -2.49. The number of nitrogens with zero attached hydrogens (tertiary/aromatic N) is 5. The number of rotatable bonds is 8. The highest BCUT2D eigenvalue weighted by atomic mass is 35.5. The third kappa shape index (κ3) is 5.53. The number of carbonyl (C=O) groups excluding carboxylic acids is 1. The number of aliphatic hydroxyl groups is 1. The lowest BCUT2D eigenvalue weighted by Gasteiger charge is -2.33. The molecule has 0 aliphatic carbocycles. The molecule has 1 saturated heterocycles. The van der Waals surface area contributed by atoms with Gasteiger partial charge in [0.2, 0.25) is 0 Å². The van der Waals surface area contributed by atoms with Crippen molar-refractivity contribution in [1.82, 2.24) is 20.0 Å². The Labute approximate surface area is 206 Å². The van der Waals surface area contributed by atoms with Crippen molar-refractivity contribution in [3.05, 3.63) is 52.6 Å². The molecule has 3 aromatic rings. The molecule has 1 fully saturated rings. The van der Waals surface area contributed by atoms with Gasteiger partial charge < -0.3 is 29.9 Å². The van der Waals surface area contributed by atoms with Gasteiger partial charge in [-0.3, -0.25) is 9.78 Å². The smallest absolute Gasteiger partial charge is 0.272 e. The van der Waals surface area contributed by atoms with Crippen molar-refractivity contribution in [3.8, 4) is 17.2 Å². The minimum Gasteiger partial charge on any atom is -0.489 e. The molecule has 0 unspecified atom stereocenters. The van der Waals surface area contributed by atoms with Crippen LogP contribution in [0, 0.1) is 5.82 Å². The summed E-state index contributed by atoms with van der Waals surface area (Å²) in [6, 6.07) is 5.54. The fourth-order valence-electron chi connectivity index (χ4n) is 3.68. The van der Waals surface area contributed by atoms with Gasteiger partial charge in [-0.1, -0.05) is 24.6 Å². The van der Waals surface area contributed by atoms with Crippen LogP contribution in [-0.2, 0) is 6.42 Å². The van der Waals surface area contributed by atoms with Crippen molar-refractivity contribution in [3.63, 3.8) is 0 Å². The first-order valence-corrected chi connectivity index (χ1v) is 11.6. The molecule has 10 nitrogen and oxygen atoms in total. The van der Waals surface area contributed by atoms with E-state index in [9.17, 15) is 9.18 Å². The second kappa shape index (κ2) is 11.0. The fourth-order valence-corrected chi connectivity index (χ4v) is 3.92. The maximum atomic E-state index is 14.5. The van der Waals surface area contributed by atoms with E-state index in [0.717, 1.165) is 18.1 Å². The lowest BCUT2D eigenvalue weighted by molar-refractivity contribution is 0.0739. The maximum absolute atomic E-state index is 14.5. The zero-order valence-electron chi connectivity index (χ0n) is 19.2. The summed E-state index contributed by atoms with van der Waals surface area (Å²) in [4.78, 5) is 25.2. The maximum Gasteiger partial charge on any atom is 0.272 e. The Morgan fingerprint density at radius 2 is 2.11 bits per heavy atom. The lowest BCUT2D eigenvalue weighted by atomic mass is 10.1. The van der Waals surface area contributed by atoms with Crippen LogP contribution in [0.15, 0.2) is 35.0 Å². The molecule has 1 atom stereocenters. The minimum atomic E-state index is -0.678. The number of pyridine rings is 1. The van der Waals surface area contributed by atoms with Gasteiger partial charge >= 0.3 is 0 Å². The van der Waals surface area contributed by atoms with Crippen LogP contribution >= 0.6 is 11.6 Å². The molecule has 0 radical (unpaired) electrons. The zero-order valence-corrected chi connectivity index (χ0v) is 19.9. The number of ether oxygens (including phenoxy) is 1. The van der Waals surface area contributed by atoms with E-state index in [4.69, 9.17) is 31.7 Å². The monoisotopic (exact) mass is 504 g/mol. The number of halogens is 2. The van der Waals surface area contributed by atoms with Crippen LogP contribution in [0.4, 0.5) is 10.3 Å². The van der Waals surface area contributed by atoms with Gasteiger partial charge in [0, 0.05) is 38.4 Å². The number of hydrogen-bond acceptors (Lipinski definition) is 9. The second-order valence-electron chi connectivity index (χ2n) is 8.06. The Hall–Kier alpha value is -3.28. The van der Waals surface area contributed by atoms with E-state index in [-0.39, 0.29) is 41.3 Å². The largest absolute Gasteiger partial charge is 0.489 e. The predicted octanol–water partition coefficient (Wildman–Crippen LogP) is 2.15. The predicted molar refractivity (Wildman–Crippen MR) is 127 cm³/mol. The highest BCUT2D eigenvalue weighted by molar-refractivity contribution is 6.33. The van der Waals surface area contributed by atoms with Gasteiger partial charge in [0.25, 0.3) is 17.7 Å². The Morgan fingerprint density at radius 3 is 2.83 bits per heavy atom. The number of aromatic nitrogens is 3. The van der Waals surface area contributed by atoms with E-state index in [1.54, 1.807) is 11.1 Å². The third-order valence-electron chi connectivity index (χ3n) is 5.68. The molecule has 12 heteroatoms. The summed E-state index contributed by atoms with van der Waals surface area (Å²) in [6.45, 7) is 3.58.